The van der Waals surface area contributed by atoms with Gasteiger partial charge in [0.2, 0.25) is 0 Å². The van der Waals surface area contributed by atoms with Crippen LogP contribution in [-0.2, 0) is 22.6 Å². The molecule has 108 valence electrons. The molecule has 19 heavy (non-hydrogen) atoms. The normalized spacial score (nSPS) is 19.2. The standard InChI is InChI=1S/C14H25N3O2/c1-12-13(10-15-6-9-18-2)11-17(16-12)7-5-14-4-3-8-19-14/h11,14-15H,3-10H2,1-2H3. The first-order valence-corrected chi connectivity index (χ1v) is 7.14. The van der Waals surface area contributed by atoms with E-state index in [0.717, 1.165) is 45.0 Å². The minimum Gasteiger partial charge on any atom is -0.383 e. The molecule has 0 aromatic carbocycles. The van der Waals surface area contributed by atoms with Crippen LogP contribution in [0.25, 0.3) is 0 Å². The van der Waals surface area contributed by atoms with Gasteiger partial charge < -0.3 is 14.8 Å². The van der Waals surface area contributed by atoms with Crippen molar-refractivity contribution in [2.24, 2.45) is 0 Å². The number of methoxy groups -OCH3 is 1. The summed E-state index contributed by atoms with van der Waals surface area (Å²) in [5.41, 5.74) is 2.38. The second-order valence-corrected chi connectivity index (χ2v) is 5.10. The summed E-state index contributed by atoms with van der Waals surface area (Å²) in [4.78, 5) is 0. The molecule has 2 rings (SSSR count). The molecule has 1 aliphatic heterocycles. The summed E-state index contributed by atoms with van der Waals surface area (Å²) in [7, 11) is 1.72. The van der Waals surface area contributed by atoms with E-state index in [1.165, 1.54) is 18.4 Å². The average Bonchev–Trinajstić information content (AvgIpc) is 3.02. The molecule has 0 aliphatic carbocycles. The molecule has 2 heterocycles. The summed E-state index contributed by atoms with van der Waals surface area (Å²) in [5, 5.41) is 7.91. The van der Waals surface area contributed by atoms with Crippen LogP contribution in [0.2, 0.25) is 0 Å². The van der Waals surface area contributed by atoms with E-state index in [4.69, 9.17) is 9.47 Å². The number of aromatic nitrogens is 2. The van der Waals surface area contributed by atoms with Crippen molar-refractivity contribution >= 4 is 0 Å². The van der Waals surface area contributed by atoms with E-state index < -0.39 is 0 Å². The van der Waals surface area contributed by atoms with E-state index in [1.54, 1.807) is 7.11 Å². The molecule has 0 saturated carbocycles. The minimum absolute atomic E-state index is 0.438. The van der Waals surface area contributed by atoms with Crippen molar-refractivity contribution in [1.82, 2.24) is 15.1 Å². The molecule has 1 atom stereocenters. The minimum atomic E-state index is 0.438. The highest BCUT2D eigenvalue weighted by molar-refractivity contribution is 5.15. The molecule has 5 nitrogen and oxygen atoms in total. The van der Waals surface area contributed by atoms with E-state index in [-0.39, 0.29) is 0 Å². The highest BCUT2D eigenvalue weighted by atomic mass is 16.5. The van der Waals surface area contributed by atoms with Crippen LogP contribution in [0.1, 0.15) is 30.5 Å². The van der Waals surface area contributed by atoms with Gasteiger partial charge in [-0.05, 0) is 26.2 Å². The molecule has 5 heteroatoms. The maximum absolute atomic E-state index is 5.64. The number of hydrogen-bond donors (Lipinski definition) is 1. The second-order valence-electron chi connectivity index (χ2n) is 5.10. The van der Waals surface area contributed by atoms with Gasteiger partial charge in [-0.25, -0.2) is 0 Å². The zero-order valence-corrected chi connectivity index (χ0v) is 12.0. The molecular formula is C14H25N3O2. The van der Waals surface area contributed by atoms with Gasteiger partial charge in [0.1, 0.15) is 0 Å². The number of aryl methyl sites for hydroxylation is 2. The fraction of sp³-hybridized carbons (Fsp3) is 0.786. The lowest BCUT2D eigenvalue weighted by Gasteiger charge is -2.08. The molecule has 1 unspecified atom stereocenters. The van der Waals surface area contributed by atoms with Gasteiger partial charge in [0.15, 0.2) is 0 Å². The van der Waals surface area contributed by atoms with Crippen LogP contribution >= 0.6 is 0 Å². The molecule has 0 amide bonds. The van der Waals surface area contributed by atoms with Crippen LogP contribution in [-0.4, -0.2) is 42.8 Å². The third kappa shape index (κ3) is 4.60. The Morgan fingerprint density at radius 1 is 1.58 bits per heavy atom. The van der Waals surface area contributed by atoms with Gasteiger partial charge in [0, 0.05) is 45.1 Å². The zero-order valence-electron chi connectivity index (χ0n) is 12.0. The third-order valence-electron chi connectivity index (χ3n) is 3.55. The van der Waals surface area contributed by atoms with E-state index in [0.29, 0.717) is 6.10 Å². The lowest BCUT2D eigenvalue weighted by atomic mass is 10.2. The van der Waals surface area contributed by atoms with Crippen LogP contribution in [0.5, 0.6) is 0 Å². The van der Waals surface area contributed by atoms with Gasteiger partial charge in [-0.2, -0.15) is 5.10 Å². The molecular weight excluding hydrogens is 242 g/mol. The molecule has 1 aliphatic rings. The van der Waals surface area contributed by atoms with Crippen molar-refractivity contribution in [1.29, 1.82) is 0 Å². The summed E-state index contributed by atoms with van der Waals surface area (Å²) >= 11 is 0. The summed E-state index contributed by atoms with van der Waals surface area (Å²) in [6.07, 6.45) is 6.05. The first kappa shape index (κ1) is 14.5. The molecule has 1 saturated heterocycles. The van der Waals surface area contributed by atoms with Crippen molar-refractivity contribution in [3.8, 4) is 0 Å². The Bertz CT molecular complexity index is 373. The molecule has 0 radical (unpaired) electrons. The van der Waals surface area contributed by atoms with Crippen molar-refractivity contribution < 1.29 is 9.47 Å². The molecule has 1 aromatic rings. The molecule has 0 bridgehead atoms. The van der Waals surface area contributed by atoms with Crippen LogP contribution in [0.4, 0.5) is 0 Å². The fourth-order valence-electron chi connectivity index (χ4n) is 2.39. The van der Waals surface area contributed by atoms with Crippen LogP contribution in [0, 0.1) is 6.92 Å². The monoisotopic (exact) mass is 267 g/mol. The zero-order chi connectivity index (χ0) is 13.5. The number of hydrogen-bond acceptors (Lipinski definition) is 4. The van der Waals surface area contributed by atoms with Gasteiger partial charge >= 0.3 is 0 Å². The Balaban J connectivity index is 1.75. The van der Waals surface area contributed by atoms with Gasteiger partial charge in [-0.3, -0.25) is 4.68 Å². The van der Waals surface area contributed by atoms with Crippen LogP contribution in [0.3, 0.4) is 0 Å². The molecule has 1 aromatic heterocycles. The molecule has 1 fully saturated rings. The number of nitrogens with zero attached hydrogens (tertiary/aromatic N) is 2. The van der Waals surface area contributed by atoms with Gasteiger partial charge in [0.25, 0.3) is 0 Å². The summed E-state index contributed by atoms with van der Waals surface area (Å²) in [6, 6.07) is 0. The Morgan fingerprint density at radius 3 is 3.21 bits per heavy atom. The Labute approximate surface area is 115 Å². The predicted molar refractivity (Wildman–Crippen MR) is 74.1 cm³/mol. The quantitative estimate of drug-likeness (QED) is 0.725. The number of nitrogens with one attached hydrogen (secondary N) is 1. The molecule has 0 spiro atoms. The number of rotatable bonds is 8. The average molecular weight is 267 g/mol. The van der Waals surface area contributed by atoms with Crippen molar-refractivity contribution in [3.05, 3.63) is 17.5 Å². The van der Waals surface area contributed by atoms with E-state index in [9.17, 15) is 0 Å². The third-order valence-corrected chi connectivity index (χ3v) is 3.55. The highest BCUT2D eigenvalue weighted by Gasteiger charge is 2.15. The number of ether oxygens (including phenoxy) is 2. The largest absolute Gasteiger partial charge is 0.383 e. The fourth-order valence-corrected chi connectivity index (χ4v) is 2.39. The van der Waals surface area contributed by atoms with Crippen LogP contribution < -0.4 is 5.32 Å². The van der Waals surface area contributed by atoms with Crippen molar-refractivity contribution in [2.75, 3.05) is 26.9 Å². The summed E-state index contributed by atoms with van der Waals surface area (Å²) < 4.78 is 12.7. The van der Waals surface area contributed by atoms with Crippen molar-refractivity contribution in [3.63, 3.8) is 0 Å². The second kappa shape index (κ2) is 7.62. The first-order valence-electron chi connectivity index (χ1n) is 7.14. The topological polar surface area (TPSA) is 48.3 Å². The Hall–Kier alpha value is -0.910. The molecule has 1 N–H and O–H groups in total. The summed E-state index contributed by atoms with van der Waals surface area (Å²) in [5.74, 6) is 0. The Kier molecular flexibility index (Phi) is 5.82. The predicted octanol–water partition coefficient (Wildman–Crippen LogP) is 1.50. The summed E-state index contributed by atoms with van der Waals surface area (Å²) in [6.45, 7) is 6.41. The lowest BCUT2D eigenvalue weighted by molar-refractivity contribution is 0.0994. The van der Waals surface area contributed by atoms with Gasteiger partial charge in [-0.1, -0.05) is 0 Å². The van der Waals surface area contributed by atoms with Crippen molar-refractivity contribution in [2.45, 2.75) is 45.4 Å². The highest BCUT2D eigenvalue weighted by Crippen LogP contribution is 2.16. The van der Waals surface area contributed by atoms with E-state index in [1.807, 2.05) is 4.68 Å². The van der Waals surface area contributed by atoms with Gasteiger partial charge in [-0.15, -0.1) is 0 Å². The maximum Gasteiger partial charge on any atom is 0.0638 e. The van der Waals surface area contributed by atoms with E-state index in [2.05, 4.69) is 23.5 Å². The SMILES string of the molecule is COCCNCc1cn(CCC2CCCO2)nc1C. The van der Waals surface area contributed by atoms with Gasteiger partial charge in [0.05, 0.1) is 18.4 Å². The first-order chi connectivity index (χ1) is 9.29. The maximum atomic E-state index is 5.64. The van der Waals surface area contributed by atoms with E-state index >= 15 is 0 Å². The van der Waals surface area contributed by atoms with Crippen LogP contribution in [0.15, 0.2) is 6.20 Å². The smallest absolute Gasteiger partial charge is 0.0638 e. The lowest BCUT2D eigenvalue weighted by Crippen LogP contribution is -2.18. The Morgan fingerprint density at radius 2 is 2.47 bits per heavy atom.